The van der Waals surface area contributed by atoms with E-state index in [-0.39, 0.29) is 18.1 Å². The van der Waals surface area contributed by atoms with E-state index in [1.807, 2.05) is 0 Å². The van der Waals surface area contributed by atoms with Gasteiger partial charge in [-0.1, -0.05) is 0 Å². The molecule has 3 atom stereocenters. The molecule has 2 aliphatic rings. The largest absolute Gasteiger partial charge is 0.481 e. The van der Waals surface area contributed by atoms with Crippen LogP contribution in [0.5, 0.6) is 0 Å². The predicted octanol–water partition coefficient (Wildman–Crippen LogP) is 3.06. The molecule has 5 nitrogen and oxygen atoms in total. The lowest BCUT2D eigenvalue weighted by Crippen LogP contribution is -2.40. The van der Waals surface area contributed by atoms with Gasteiger partial charge in [-0.05, 0) is 53.4 Å². The molecule has 112 valence electrons. The van der Waals surface area contributed by atoms with Gasteiger partial charge in [-0.15, -0.1) is 0 Å². The van der Waals surface area contributed by atoms with Crippen molar-refractivity contribution in [3.05, 3.63) is 28.5 Å². The van der Waals surface area contributed by atoms with Gasteiger partial charge in [0.25, 0.3) is 0 Å². The maximum Gasteiger partial charge on any atom is 0.322 e. The van der Waals surface area contributed by atoms with Crippen LogP contribution in [-0.2, 0) is 4.79 Å². The van der Waals surface area contributed by atoms with Crippen molar-refractivity contribution in [1.29, 1.82) is 0 Å². The molecule has 2 heterocycles. The monoisotopic (exact) mass is 356 g/mol. The van der Waals surface area contributed by atoms with E-state index in [0.29, 0.717) is 16.6 Å². The van der Waals surface area contributed by atoms with Crippen LogP contribution in [-0.4, -0.2) is 34.1 Å². The van der Waals surface area contributed by atoms with Crippen LogP contribution >= 0.6 is 15.9 Å². The lowest BCUT2D eigenvalue weighted by molar-refractivity contribution is -0.142. The Morgan fingerprint density at radius 2 is 2.14 bits per heavy atom. The fraction of sp³-hybridized carbons (Fsp3) is 0.429. The zero-order valence-corrected chi connectivity index (χ0v) is 12.6. The van der Waals surface area contributed by atoms with Crippen LogP contribution in [0.1, 0.15) is 19.3 Å². The molecule has 3 unspecified atom stereocenters. The number of fused-ring (bicyclic) bond motifs is 2. The number of carboxylic acids is 1. The first-order valence-corrected chi connectivity index (χ1v) is 7.54. The average Bonchev–Trinajstić information content (AvgIpc) is 2.99. The van der Waals surface area contributed by atoms with Gasteiger partial charge in [0.05, 0.1) is 11.6 Å². The minimum Gasteiger partial charge on any atom is -0.481 e. The van der Waals surface area contributed by atoms with E-state index >= 15 is 0 Å². The molecule has 2 saturated heterocycles. The number of amides is 2. The quantitative estimate of drug-likeness (QED) is 0.855. The van der Waals surface area contributed by atoms with Gasteiger partial charge in [-0.2, -0.15) is 0 Å². The van der Waals surface area contributed by atoms with Crippen molar-refractivity contribution in [2.45, 2.75) is 31.3 Å². The van der Waals surface area contributed by atoms with Gasteiger partial charge in [0, 0.05) is 16.6 Å². The van der Waals surface area contributed by atoms with Crippen molar-refractivity contribution in [3.63, 3.8) is 0 Å². The van der Waals surface area contributed by atoms with Crippen LogP contribution in [0, 0.1) is 11.7 Å². The topological polar surface area (TPSA) is 69.6 Å². The molecule has 2 amide bonds. The summed E-state index contributed by atoms with van der Waals surface area (Å²) in [5.41, 5.74) is 0.472. The van der Waals surface area contributed by atoms with Crippen LogP contribution in [0.2, 0.25) is 0 Å². The second-order valence-corrected chi connectivity index (χ2v) is 6.29. The van der Waals surface area contributed by atoms with Crippen molar-refractivity contribution >= 4 is 33.6 Å². The number of carbonyl (C=O) groups excluding carboxylic acids is 1. The minimum atomic E-state index is -0.844. The van der Waals surface area contributed by atoms with Crippen molar-refractivity contribution in [3.8, 4) is 0 Å². The Morgan fingerprint density at radius 3 is 2.76 bits per heavy atom. The standard InChI is InChI=1S/C14H14BrFN2O3/c15-10-5-7(16)1-3-11(10)17-14(21)18-8-2-4-12(18)9(6-8)13(19)20/h1,3,5,8-9,12H,2,4,6H2,(H,17,21)(H,19,20). The van der Waals surface area contributed by atoms with Crippen LogP contribution in [0.3, 0.4) is 0 Å². The third-order valence-electron chi connectivity index (χ3n) is 4.26. The minimum absolute atomic E-state index is 0.0182. The summed E-state index contributed by atoms with van der Waals surface area (Å²) in [4.78, 5) is 25.2. The third kappa shape index (κ3) is 2.50. The molecular weight excluding hydrogens is 343 g/mol. The van der Waals surface area contributed by atoms with E-state index < -0.39 is 17.7 Å². The van der Waals surface area contributed by atoms with E-state index in [4.69, 9.17) is 0 Å². The average molecular weight is 357 g/mol. The Kier molecular flexibility index (Phi) is 3.61. The number of carbonyl (C=O) groups is 2. The van der Waals surface area contributed by atoms with Crippen molar-refractivity contribution < 1.29 is 19.1 Å². The molecule has 21 heavy (non-hydrogen) atoms. The molecule has 1 aromatic carbocycles. The number of hydrogen-bond donors (Lipinski definition) is 2. The molecule has 0 radical (unpaired) electrons. The third-order valence-corrected chi connectivity index (χ3v) is 4.92. The van der Waals surface area contributed by atoms with Gasteiger partial charge in [0.1, 0.15) is 5.82 Å². The Balaban J connectivity index is 1.76. The van der Waals surface area contributed by atoms with Crippen molar-refractivity contribution in [1.82, 2.24) is 4.90 Å². The predicted molar refractivity (Wildman–Crippen MR) is 77.5 cm³/mol. The Bertz CT molecular complexity index is 610. The molecule has 0 aliphatic carbocycles. The fourth-order valence-electron chi connectivity index (χ4n) is 3.34. The van der Waals surface area contributed by atoms with Gasteiger partial charge in [-0.3, -0.25) is 4.79 Å². The fourth-order valence-corrected chi connectivity index (χ4v) is 3.79. The van der Waals surface area contributed by atoms with Crippen LogP contribution < -0.4 is 5.32 Å². The molecule has 2 aliphatic heterocycles. The summed E-state index contributed by atoms with van der Waals surface area (Å²) in [6, 6.07) is 3.43. The highest BCUT2D eigenvalue weighted by Gasteiger charge is 2.51. The van der Waals surface area contributed by atoms with Crippen molar-refractivity contribution in [2.24, 2.45) is 5.92 Å². The number of urea groups is 1. The Hall–Kier alpha value is -1.63. The summed E-state index contributed by atoms with van der Waals surface area (Å²) in [7, 11) is 0. The number of anilines is 1. The van der Waals surface area contributed by atoms with Crippen LogP contribution in [0.25, 0.3) is 0 Å². The molecule has 0 aromatic heterocycles. The molecular formula is C14H14BrFN2O3. The maximum absolute atomic E-state index is 13.0. The number of nitrogens with zero attached hydrogens (tertiary/aromatic N) is 1. The molecule has 2 N–H and O–H groups in total. The van der Waals surface area contributed by atoms with Crippen molar-refractivity contribution in [2.75, 3.05) is 5.32 Å². The van der Waals surface area contributed by atoms with E-state index in [9.17, 15) is 19.1 Å². The molecule has 2 fully saturated rings. The number of hydrogen-bond acceptors (Lipinski definition) is 2. The van der Waals surface area contributed by atoms with E-state index in [1.54, 1.807) is 4.90 Å². The molecule has 1 aromatic rings. The highest BCUT2D eigenvalue weighted by Crippen LogP contribution is 2.42. The van der Waals surface area contributed by atoms with Gasteiger partial charge in [0.2, 0.25) is 0 Å². The van der Waals surface area contributed by atoms with Gasteiger partial charge in [0.15, 0.2) is 0 Å². The molecule has 7 heteroatoms. The highest BCUT2D eigenvalue weighted by molar-refractivity contribution is 9.10. The summed E-state index contributed by atoms with van der Waals surface area (Å²) < 4.78 is 13.5. The Morgan fingerprint density at radius 1 is 1.38 bits per heavy atom. The zero-order valence-electron chi connectivity index (χ0n) is 11.1. The highest BCUT2D eigenvalue weighted by atomic mass is 79.9. The zero-order chi connectivity index (χ0) is 15.1. The van der Waals surface area contributed by atoms with E-state index in [1.165, 1.54) is 18.2 Å². The second kappa shape index (κ2) is 5.29. The van der Waals surface area contributed by atoms with Crippen LogP contribution in [0.4, 0.5) is 14.9 Å². The van der Waals surface area contributed by atoms with Gasteiger partial charge in [-0.25, -0.2) is 9.18 Å². The smallest absolute Gasteiger partial charge is 0.322 e. The van der Waals surface area contributed by atoms with E-state index in [0.717, 1.165) is 12.8 Å². The molecule has 0 saturated carbocycles. The second-order valence-electron chi connectivity index (χ2n) is 5.44. The SMILES string of the molecule is O=C(O)C1CC2CCC1N2C(=O)Nc1ccc(F)cc1Br. The summed E-state index contributed by atoms with van der Waals surface area (Å²) in [6.45, 7) is 0. The summed E-state index contributed by atoms with van der Waals surface area (Å²) in [5, 5.41) is 11.9. The summed E-state index contributed by atoms with van der Waals surface area (Å²) in [6.07, 6.45) is 2.07. The molecule has 2 bridgehead atoms. The lowest BCUT2D eigenvalue weighted by Gasteiger charge is -2.23. The van der Waals surface area contributed by atoms with E-state index in [2.05, 4.69) is 21.2 Å². The number of halogens is 2. The first-order valence-electron chi connectivity index (χ1n) is 6.74. The normalized spacial score (nSPS) is 27.0. The lowest BCUT2D eigenvalue weighted by atomic mass is 9.89. The first-order chi connectivity index (χ1) is 9.97. The number of aliphatic carboxylic acids is 1. The summed E-state index contributed by atoms with van der Waals surface area (Å²) in [5.74, 6) is -1.72. The number of benzene rings is 1. The maximum atomic E-state index is 13.0. The summed E-state index contributed by atoms with van der Waals surface area (Å²) >= 11 is 3.20. The van der Waals surface area contributed by atoms with Crippen LogP contribution in [0.15, 0.2) is 22.7 Å². The number of carboxylic acid groups (broad SMARTS) is 1. The van der Waals surface area contributed by atoms with Gasteiger partial charge < -0.3 is 15.3 Å². The molecule has 3 rings (SSSR count). The Labute approximate surface area is 129 Å². The van der Waals surface area contributed by atoms with Gasteiger partial charge >= 0.3 is 12.0 Å². The number of rotatable bonds is 2. The number of nitrogens with one attached hydrogen (secondary N) is 1. The molecule has 0 spiro atoms. The first kappa shape index (κ1) is 14.3.